The number of benzene rings is 3. The highest BCUT2D eigenvalue weighted by atomic mass is 16.6. The zero-order valence-electron chi connectivity index (χ0n) is 20.1. The van der Waals surface area contributed by atoms with Gasteiger partial charge < -0.3 is 19.5 Å². The maximum atomic E-state index is 12.0. The molecule has 2 heterocycles. The molecule has 0 saturated carbocycles. The molecule has 0 bridgehead atoms. The Labute approximate surface area is 211 Å². The van der Waals surface area contributed by atoms with E-state index in [0.29, 0.717) is 18.1 Å². The molecule has 1 aromatic heterocycles. The Morgan fingerprint density at radius 1 is 0.944 bits per heavy atom. The number of esters is 1. The zero-order valence-corrected chi connectivity index (χ0v) is 20.1. The summed E-state index contributed by atoms with van der Waals surface area (Å²) in [5, 5.41) is 5.95. The van der Waals surface area contributed by atoms with Gasteiger partial charge in [-0.05, 0) is 65.2 Å². The number of nitrogens with zero attached hydrogens (tertiary/aromatic N) is 1. The van der Waals surface area contributed by atoms with Crippen LogP contribution in [0.25, 0.3) is 10.8 Å². The van der Waals surface area contributed by atoms with Gasteiger partial charge in [0.15, 0.2) is 0 Å². The second-order valence-corrected chi connectivity index (χ2v) is 8.93. The molecule has 1 fully saturated rings. The van der Waals surface area contributed by atoms with Crippen LogP contribution in [0.5, 0.6) is 5.75 Å². The summed E-state index contributed by atoms with van der Waals surface area (Å²) in [4.78, 5) is 15.9. The van der Waals surface area contributed by atoms with Crippen molar-refractivity contribution in [2.45, 2.75) is 25.0 Å². The molecule has 1 N–H and O–H groups in total. The first-order valence-corrected chi connectivity index (χ1v) is 12.4. The number of pyridine rings is 1. The first-order valence-electron chi connectivity index (χ1n) is 12.4. The third-order valence-corrected chi connectivity index (χ3v) is 6.50. The fourth-order valence-corrected chi connectivity index (χ4v) is 4.59. The quantitative estimate of drug-likeness (QED) is 0.263. The number of fused-ring (bicyclic) bond motifs is 1. The minimum absolute atomic E-state index is 0.101. The molecule has 0 aliphatic carbocycles. The third-order valence-electron chi connectivity index (χ3n) is 6.50. The number of hydrogen-bond donors (Lipinski definition) is 1. The van der Waals surface area contributed by atoms with Crippen molar-refractivity contribution in [3.63, 3.8) is 0 Å². The second kappa shape index (κ2) is 11.8. The van der Waals surface area contributed by atoms with Crippen LogP contribution in [0.1, 0.15) is 33.8 Å². The van der Waals surface area contributed by atoms with E-state index in [1.807, 2.05) is 12.1 Å². The molecule has 5 rings (SSSR count). The number of rotatable bonds is 9. The first-order chi connectivity index (χ1) is 17.8. The molecule has 1 aliphatic rings. The summed E-state index contributed by atoms with van der Waals surface area (Å²) in [6.07, 6.45) is 4.23. The molecular formula is C30H30N2O4. The van der Waals surface area contributed by atoms with Crippen LogP contribution in [-0.4, -0.2) is 43.4 Å². The van der Waals surface area contributed by atoms with Gasteiger partial charge in [0.05, 0.1) is 18.3 Å². The molecule has 3 aromatic carbocycles. The fraction of sp³-hybridized carbons (Fsp3) is 0.267. The molecule has 1 aliphatic heterocycles. The van der Waals surface area contributed by atoms with Crippen LogP contribution in [-0.2, 0) is 16.1 Å². The van der Waals surface area contributed by atoms with E-state index in [-0.39, 0.29) is 19.3 Å². The van der Waals surface area contributed by atoms with E-state index in [0.717, 1.165) is 25.3 Å². The van der Waals surface area contributed by atoms with Crippen LogP contribution in [0.3, 0.4) is 0 Å². The molecule has 184 valence electrons. The van der Waals surface area contributed by atoms with Crippen molar-refractivity contribution >= 4 is 16.7 Å². The van der Waals surface area contributed by atoms with Crippen molar-refractivity contribution < 1.29 is 19.0 Å². The van der Waals surface area contributed by atoms with E-state index in [1.54, 1.807) is 18.3 Å². The van der Waals surface area contributed by atoms with Crippen LogP contribution < -0.4 is 10.1 Å². The molecule has 0 spiro atoms. The van der Waals surface area contributed by atoms with E-state index >= 15 is 0 Å². The predicted octanol–water partition coefficient (Wildman–Crippen LogP) is 5.13. The Kier molecular flexibility index (Phi) is 7.86. The van der Waals surface area contributed by atoms with Gasteiger partial charge in [-0.1, -0.05) is 48.5 Å². The van der Waals surface area contributed by atoms with Crippen molar-refractivity contribution in [2.75, 3.05) is 26.3 Å². The van der Waals surface area contributed by atoms with Gasteiger partial charge in [0, 0.05) is 24.9 Å². The zero-order chi connectivity index (χ0) is 24.6. The van der Waals surface area contributed by atoms with Crippen LogP contribution in [0, 0.1) is 0 Å². The SMILES string of the molecule is O=C(OCCOc1ccc([C@H]2CCNC[C@@H]2OCc2ccc3ccccc3c2)cc1)c1cccnc1. The fourth-order valence-electron chi connectivity index (χ4n) is 4.59. The molecule has 0 amide bonds. The average Bonchev–Trinajstić information content (AvgIpc) is 2.95. The van der Waals surface area contributed by atoms with Gasteiger partial charge in [-0.2, -0.15) is 0 Å². The smallest absolute Gasteiger partial charge is 0.339 e. The third kappa shape index (κ3) is 6.08. The lowest BCUT2D eigenvalue weighted by atomic mass is 9.87. The maximum Gasteiger partial charge on any atom is 0.339 e. The molecule has 6 nitrogen and oxygen atoms in total. The summed E-state index contributed by atoms with van der Waals surface area (Å²) in [5.74, 6) is 0.669. The van der Waals surface area contributed by atoms with Gasteiger partial charge in [0.25, 0.3) is 0 Å². The summed E-state index contributed by atoms with van der Waals surface area (Å²) in [6, 6.07) is 26.5. The summed E-state index contributed by atoms with van der Waals surface area (Å²) in [5.41, 5.74) is 2.86. The molecule has 6 heteroatoms. The van der Waals surface area contributed by atoms with Crippen molar-refractivity contribution in [2.24, 2.45) is 0 Å². The number of carbonyl (C=O) groups is 1. The molecule has 36 heavy (non-hydrogen) atoms. The molecule has 2 atom stereocenters. The van der Waals surface area contributed by atoms with Crippen molar-refractivity contribution in [3.8, 4) is 5.75 Å². The van der Waals surface area contributed by atoms with Crippen LogP contribution in [0.15, 0.2) is 91.3 Å². The summed E-state index contributed by atoms with van der Waals surface area (Å²) < 4.78 is 17.4. The number of nitrogens with one attached hydrogen (secondary N) is 1. The molecule has 1 saturated heterocycles. The molecule has 0 unspecified atom stereocenters. The number of carbonyl (C=O) groups excluding carboxylic acids is 1. The minimum atomic E-state index is -0.400. The van der Waals surface area contributed by atoms with Gasteiger partial charge in [0.1, 0.15) is 19.0 Å². The van der Waals surface area contributed by atoms with E-state index in [9.17, 15) is 4.79 Å². The van der Waals surface area contributed by atoms with E-state index in [1.165, 1.54) is 28.1 Å². The van der Waals surface area contributed by atoms with Gasteiger partial charge in [-0.25, -0.2) is 4.79 Å². The van der Waals surface area contributed by atoms with Crippen LogP contribution in [0.2, 0.25) is 0 Å². The Bertz CT molecular complexity index is 1280. The van der Waals surface area contributed by atoms with Crippen molar-refractivity contribution in [1.29, 1.82) is 0 Å². The topological polar surface area (TPSA) is 69.7 Å². The lowest BCUT2D eigenvalue weighted by Gasteiger charge is -2.32. The monoisotopic (exact) mass is 482 g/mol. The maximum absolute atomic E-state index is 12.0. The first kappa shape index (κ1) is 24.0. The Morgan fingerprint density at radius 2 is 1.81 bits per heavy atom. The molecule has 0 radical (unpaired) electrons. The minimum Gasteiger partial charge on any atom is -0.490 e. The van der Waals surface area contributed by atoms with Crippen LogP contribution in [0.4, 0.5) is 0 Å². The number of piperidine rings is 1. The second-order valence-electron chi connectivity index (χ2n) is 8.93. The normalized spacial score (nSPS) is 17.6. The van der Waals surface area contributed by atoms with Gasteiger partial charge in [0.2, 0.25) is 0 Å². The number of aromatic nitrogens is 1. The molecule has 4 aromatic rings. The summed E-state index contributed by atoms with van der Waals surface area (Å²) in [7, 11) is 0. The van der Waals surface area contributed by atoms with Gasteiger partial charge in [-0.15, -0.1) is 0 Å². The van der Waals surface area contributed by atoms with Crippen molar-refractivity contribution in [3.05, 3.63) is 108 Å². The Balaban J connectivity index is 1.13. The standard InChI is InChI=1S/C30H30N2O4/c33-30(26-6-3-14-31-19-26)35-17-16-34-27-11-9-24(10-12-27)28-13-15-32-20-29(28)36-21-22-7-8-23-4-1-2-5-25(23)18-22/h1-12,14,18-19,28-29,32H,13,15-17,20-21H2/t28-,29+/m1/s1. The molecular weight excluding hydrogens is 452 g/mol. The highest BCUT2D eigenvalue weighted by Gasteiger charge is 2.27. The van der Waals surface area contributed by atoms with Crippen molar-refractivity contribution in [1.82, 2.24) is 10.3 Å². The number of ether oxygens (including phenoxy) is 3. The van der Waals surface area contributed by atoms with E-state index in [2.05, 4.69) is 64.9 Å². The average molecular weight is 483 g/mol. The summed E-state index contributed by atoms with van der Waals surface area (Å²) >= 11 is 0. The largest absolute Gasteiger partial charge is 0.490 e. The van der Waals surface area contributed by atoms with Gasteiger partial charge >= 0.3 is 5.97 Å². The summed E-state index contributed by atoms with van der Waals surface area (Å²) in [6.45, 7) is 2.86. The van der Waals surface area contributed by atoms with E-state index < -0.39 is 5.97 Å². The van der Waals surface area contributed by atoms with Gasteiger partial charge in [-0.3, -0.25) is 4.98 Å². The predicted molar refractivity (Wildman–Crippen MR) is 139 cm³/mol. The Hall–Kier alpha value is -3.74. The van der Waals surface area contributed by atoms with Crippen LogP contribution >= 0.6 is 0 Å². The lowest BCUT2D eigenvalue weighted by molar-refractivity contribution is 0.0106. The number of hydrogen-bond acceptors (Lipinski definition) is 6. The highest BCUT2D eigenvalue weighted by molar-refractivity contribution is 5.88. The lowest BCUT2D eigenvalue weighted by Crippen LogP contribution is -2.40. The Morgan fingerprint density at radius 3 is 2.64 bits per heavy atom. The van der Waals surface area contributed by atoms with E-state index in [4.69, 9.17) is 14.2 Å². The highest BCUT2D eigenvalue weighted by Crippen LogP contribution is 2.30.